The predicted molar refractivity (Wildman–Crippen MR) is 99.7 cm³/mol. The van der Waals surface area contributed by atoms with Crippen molar-refractivity contribution in [2.75, 3.05) is 17.6 Å². The van der Waals surface area contributed by atoms with Crippen molar-refractivity contribution in [3.63, 3.8) is 0 Å². The third kappa shape index (κ3) is 3.18. The van der Waals surface area contributed by atoms with Crippen LogP contribution in [0.5, 0.6) is 0 Å². The van der Waals surface area contributed by atoms with Gasteiger partial charge in [0.25, 0.3) is 0 Å². The molecule has 0 radical (unpaired) electrons. The van der Waals surface area contributed by atoms with Gasteiger partial charge in [0.05, 0.1) is 0 Å². The number of unbranched alkanes of at least 4 members (excludes halogenated alkanes) is 1. The van der Waals surface area contributed by atoms with Crippen LogP contribution in [0.4, 0.5) is 15.9 Å². The number of benzene rings is 2. The molecule has 3 rings (SSSR count). The fourth-order valence-electron chi connectivity index (χ4n) is 2.96. The molecule has 0 spiro atoms. The molecule has 124 valence electrons. The van der Waals surface area contributed by atoms with Crippen LogP contribution in [0.3, 0.4) is 0 Å². The number of rotatable bonds is 5. The van der Waals surface area contributed by atoms with Crippen LogP contribution in [0.25, 0.3) is 21.9 Å². The van der Waals surface area contributed by atoms with Crippen LogP contribution in [0.2, 0.25) is 0 Å². The van der Waals surface area contributed by atoms with E-state index in [1.54, 1.807) is 12.3 Å². The second-order valence-electron chi connectivity index (χ2n) is 6.07. The summed E-state index contributed by atoms with van der Waals surface area (Å²) in [4.78, 5) is 4.18. The summed E-state index contributed by atoms with van der Waals surface area (Å²) in [6.07, 6.45) is 3.93. The molecule has 3 N–H and O–H groups in total. The van der Waals surface area contributed by atoms with Crippen molar-refractivity contribution in [3.05, 3.63) is 54.0 Å². The molecule has 0 aliphatic rings. The maximum absolute atomic E-state index is 14.4. The van der Waals surface area contributed by atoms with Gasteiger partial charge in [-0.1, -0.05) is 25.5 Å². The van der Waals surface area contributed by atoms with Crippen LogP contribution in [0, 0.1) is 12.7 Å². The number of hydrogen-bond acceptors (Lipinski definition) is 3. The van der Waals surface area contributed by atoms with Crippen molar-refractivity contribution in [3.8, 4) is 11.1 Å². The second-order valence-corrected chi connectivity index (χ2v) is 6.07. The molecule has 0 aliphatic heterocycles. The summed E-state index contributed by atoms with van der Waals surface area (Å²) in [5.74, 6) is 0.271. The number of anilines is 2. The summed E-state index contributed by atoms with van der Waals surface area (Å²) in [7, 11) is 0. The molecular weight excluding hydrogens is 301 g/mol. The number of hydrogen-bond donors (Lipinski definition) is 2. The summed E-state index contributed by atoms with van der Waals surface area (Å²) in [5.41, 5.74) is 9.21. The monoisotopic (exact) mass is 323 g/mol. The fourth-order valence-corrected chi connectivity index (χ4v) is 2.96. The van der Waals surface area contributed by atoms with Gasteiger partial charge in [-0.25, -0.2) is 9.37 Å². The van der Waals surface area contributed by atoms with Gasteiger partial charge < -0.3 is 11.1 Å². The quantitative estimate of drug-likeness (QED) is 0.639. The molecule has 0 bridgehead atoms. The first kappa shape index (κ1) is 16.2. The minimum absolute atomic E-state index is 0.211. The van der Waals surface area contributed by atoms with Crippen molar-refractivity contribution >= 4 is 22.3 Å². The van der Waals surface area contributed by atoms with Gasteiger partial charge in [0.15, 0.2) is 0 Å². The van der Waals surface area contributed by atoms with Gasteiger partial charge in [0, 0.05) is 34.8 Å². The Labute approximate surface area is 141 Å². The van der Waals surface area contributed by atoms with Gasteiger partial charge in [-0.2, -0.15) is 0 Å². The van der Waals surface area contributed by atoms with Gasteiger partial charge in [-0.15, -0.1) is 0 Å². The summed E-state index contributed by atoms with van der Waals surface area (Å²) in [5, 5.41) is 5.42. The molecule has 4 heteroatoms. The smallest absolute Gasteiger partial charge is 0.131 e. The van der Waals surface area contributed by atoms with Crippen molar-refractivity contribution < 1.29 is 4.39 Å². The van der Waals surface area contributed by atoms with E-state index in [0.29, 0.717) is 11.4 Å². The zero-order chi connectivity index (χ0) is 17.1. The van der Waals surface area contributed by atoms with Crippen molar-refractivity contribution in [2.45, 2.75) is 26.7 Å². The summed E-state index contributed by atoms with van der Waals surface area (Å²) >= 11 is 0. The van der Waals surface area contributed by atoms with Gasteiger partial charge in [-0.05, 0) is 48.7 Å². The molecular formula is C20H22FN3. The number of nitrogens with two attached hydrogens (primary N) is 1. The van der Waals surface area contributed by atoms with Crippen LogP contribution in [0.1, 0.15) is 25.3 Å². The van der Waals surface area contributed by atoms with E-state index in [1.165, 1.54) is 6.07 Å². The first-order valence-electron chi connectivity index (χ1n) is 8.28. The Balaban J connectivity index is 2.17. The Morgan fingerprint density at radius 2 is 2.04 bits per heavy atom. The number of fused-ring (bicyclic) bond motifs is 1. The highest BCUT2D eigenvalue weighted by Crippen LogP contribution is 2.34. The average Bonchev–Trinajstić information content (AvgIpc) is 2.55. The van der Waals surface area contributed by atoms with Crippen LogP contribution < -0.4 is 11.1 Å². The van der Waals surface area contributed by atoms with Crippen molar-refractivity contribution in [1.82, 2.24) is 4.98 Å². The maximum Gasteiger partial charge on any atom is 0.131 e. The molecule has 0 saturated heterocycles. The van der Waals surface area contributed by atoms with Gasteiger partial charge in [0.1, 0.15) is 11.6 Å². The summed E-state index contributed by atoms with van der Waals surface area (Å²) < 4.78 is 14.4. The Bertz CT molecular complexity index is 854. The number of pyridine rings is 1. The molecule has 2 aromatic carbocycles. The summed E-state index contributed by atoms with van der Waals surface area (Å²) in [6, 6.07) is 11.0. The average molecular weight is 323 g/mol. The number of nitrogens with one attached hydrogen (secondary N) is 1. The molecule has 0 saturated carbocycles. The van der Waals surface area contributed by atoms with Crippen LogP contribution in [0.15, 0.2) is 42.6 Å². The zero-order valence-electron chi connectivity index (χ0n) is 14.1. The number of halogens is 1. The Kier molecular flexibility index (Phi) is 4.65. The molecule has 3 nitrogen and oxygen atoms in total. The van der Waals surface area contributed by atoms with E-state index in [0.717, 1.165) is 47.0 Å². The van der Waals surface area contributed by atoms with Crippen LogP contribution in [-0.4, -0.2) is 11.5 Å². The van der Waals surface area contributed by atoms with Crippen LogP contribution >= 0.6 is 0 Å². The third-order valence-electron chi connectivity index (χ3n) is 4.21. The van der Waals surface area contributed by atoms with E-state index in [2.05, 4.69) is 17.2 Å². The lowest BCUT2D eigenvalue weighted by atomic mass is 9.96. The lowest BCUT2D eigenvalue weighted by molar-refractivity contribution is 0.630. The number of nitrogen functional groups attached to an aromatic ring is 1. The van der Waals surface area contributed by atoms with E-state index in [1.807, 2.05) is 31.2 Å². The van der Waals surface area contributed by atoms with Crippen molar-refractivity contribution in [1.29, 1.82) is 0 Å². The lowest BCUT2D eigenvalue weighted by Crippen LogP contribution is -2.03. The maximum atomic E-state index is 14.4. The largest absolute Gasteiger partial charge is 0.385 e. The van der Waals surface area contributed by atoms with E-state index in [-0.39, 0.29) is 5.82 Å². The molecule has 0 atom stereocenters. The molecule has 0 aliphatic carbocycles. The molecule has 1 heterocycles. The van der Waals surface area contributed by atoms with Crippen molar-refractivity contribution in [2.24, 2.45) is 0 Å². The Morgan fingerprint density at radius 1 is 1.21 bits per heavy atom. The topological polar surface area (TPSA) is 50.9 Å². The highest BCUT2D eigenvalue weighted by atomic mass is 19.1. The highest BCUT2D eigenvalue weighted by molar-refractivity contribution is 5.98. The molecule has 1 aromatic heterocycles. The normalized spacial score (nSPS) is 11.0. The fraction of sp³-hybridized carbons (Fsp3) is 0.250. The number of aryl methyl sites for hydroxylation is 1. The highest BCUT2D eigenvalue weighted by Gasteiger charge is 2.12. The zero-order valence-corrected chi connectivity index (χ0v) is 14.1. The van der Waals surface area contributed by atoms with Gasteiger partial charge in [-0.3, -0.25) is 0 Å². The molecule has 0 fully saturated rings. The number of aromatic nitrogens is 1. The van der Waals surface area contributed by atoms with Crippen LogP contribution in [-0.2, 0) is 0 Å². The lowest BCUT2D eigenvalue weighted by Gasteiger charge is -2.14. The molecule has 0 amide bonds. The predicted octanol–water partition coefficient (Wildman–Crippen LogP) is 5.14. The molecule has 24 heavy (non-hydrogen) atoms. The molecule has 3 aromatic rings. The third-order valence-corrected chi connectivity index (χ3v) is 4.21. The standard InChI is InChI=1S/C20H22FN3/c1-3-4-8-23-18-10-14(20-13(2)6-5-7-17(20)21)9-15-12-24-19(22)11-16(15)18/h5-7,9-12,23H,3-4,8H2,1-2H3,(H2,22,24). The number of nitrogens with zero attached hydrogens (tertiary/aromatic N) is 1. The second kappa shape index (κ2) is 6.87. The Hall–Kier alpha value is -2.62. The van der Waals surface area contributed by atoms with Gasteiger partial charge >= 0.3 is 0 Å². The van der Waals surface area contributed by atoms with E-state index in [9.17, 15) is 4.39 Å². The SMILES string of the molecule is CCCCNc1cc(-c2c(C)cccc2F)cc2cnc(N)cc12. The Morgan fingerprint density at radius 3 is 2.79 bits per heavy atom. The summed E-state index contributed by atoms with van der Waals surface area (Å²) in [6.45, 7) is 4.95. The van der Waals surface area contributed by atoms with E-state index < -0.39 is 0 Å². The first-order valence-corrected chi connectivity index (χ1v) is 8.28. The van der Waals surface area contributed by atoms with E-state index in [4.69, 9.17) is 5.73 Å². The van der Waals surface area contributed by atoms with Gasteiger partial charge in [0.2, 0.25) is 0 Å². The minimum Gasteiger partial charge on any atom is -0.385 e. The molecule has 0 unspecified atom stereocenters. The minimum atomic E-state index is -0.211. The first-order chi connectivity index (χ1) is 11.6. The van der Waals surface area contributed by atoms with E-state index >= 15 is 0 Å².